The Morgan fingerprint density at radius 2 is 1.80 bits per heavy atom. The molecule has 2 saturated heterocycles. The van der Waals surface area contributed by atoms with Gasteiger partial charge in [-0.25, -0.2) is 0 Å². The second-order valence-electron chi connectivity index (χ2n) is 6.48. The first-order chi connectivity index (χ1) is 9.69. The van der Waals surface area contributed by atoms with Crippen LogP contribution in [0.1, 0.15) is 32.1 Å². The van der Waals surface area contributed by atoms with Crippen LogP contribution in [0, 0.1) is 5.92 Å². The van der Waals surface area contributed by atoms with Crippen LogP contribution in [-0.4, -0.2) is 68.0 Å². The van der Waals surface area contributed by atoms with Crippen molar-refractivity contribution in [3.8, 4) is 0 Å². The molecule has 0 aromatic heterocycles. The van der Waals surface area contributed by atoms with Gasteiger partial charge in [-0.15, -0.1) is 0 Å². The minimum absolute atomic E-state index is 0.143. The highest BCUT2D eigenvalue weighted by molar-refractivity contribution is 4.92. The Labute approximate surface area is 121 Å². The van der Waals surface area contributed by atoms with Gasteiger partial charge >= 0.3 is 0 Å². The second-order valence-corrected chi connectivity index (χ2v) is 6.48. The zero-order valence-corrected chi connectivity index (χ0v) is 12.4. The van der Waals surface area contributed by atoms with Crippen LogP contribution < -0.4 is 0 Å². The Balaban J connectivity index is 1.58. The molecule has 2 aliphatic heterocycles. The van der Waals surface area contributed by atoms with Crippen molar-refractivity contribution >= 4 is 0 Å². The molecule has 0 radical (unpaired) electrons. The van der Waals surface area contributed by atoms with Crippen LogP contribution in [0.5, 0.6) is 0 Å². The number of aliphatic hydroxyl groups is 1. The first kappa shape index (κ1) is 14.7. The molecule has 0 bridgehead atoms. The van der Waals surface area contributed by atoms with E-state index in [4.69, 9.17) is 14.2 Å². The van der Waals surface area contributed by atoms with Crippen molar-refractivity contribution in [2.24, 2.45) is 5.92 Å². The lowest BCUT2D eigenvalue weighted by atomic mass is 9.86. The molecule has 1 saturated carbocycles. The minimum atomic E-state index is -0.423. The number of rotatable bonds is 3. The maximum Gasteiger partial charge on any atom is 0.170 e. The van der Waals surface area contributed by atoms with Gasteiger partial charge in [-0.3, -0.25) is 0 Å². The highest BCUT2D eigenvalue weighted by atomic mass is 16.7. The second kappa shape index (κ2) is 6.28. The van der Waals surface area contributed by atoms with Gasteiger partial charge in [0, 0.05) is 38.6 Å². The van der Waals surface area contributed by atoms with Gasteiger partial charge in [0.1, 0.15) is 0 Å². The summed E-state index contributed by atoms with van der Waals surface area (Å²) >= 11 is 0. The summed E-state index contributed by atoms with van der Waals surface area (Å²) in [5.41, 5.74) is 0. The molecular formula is C15H27NO4. The Hall–Kier alpha value is -0.200. The van der Waals surface area contributed by atoms with E-state index in [9.17, 15) is 5.11 Å². The lowest BCUT2D eigenvalue weighted by Gasteiger charge is -2.43. The molecule has 116 valence electrons. The fourth-order valence-electron chi connectivity index (χ4n) is 3.80. The number of ether oxygens (including phenoxy) is 3. The molecule has 5 heteroatoms. The number of nitrogens with zero attached hydrogens (tertiary/aromatic N) is 1. The molecule has 2 heterocycles. The standard InChI is InChI=1S/C15H27NO4/c1-16(11-12-3-6-18-7-4-12)13-10-15(5-2-14(13)17)19-8-9-20-15/h12-14,17H,2-11H2,1H3. The van der Waals surface area contributed by atoms with E-state index in [1.807, 2.05) is 0 Å². The molecule has 1 N–H and O–H groups in total. The van der Waals surface area contributed by atoms with E-state index >= 15 is 0 Å². The van der Waals surface area contributed by atoms with Crippen molar-refractivity contribution in [2.75, 3.05) is 40.0 Å². The van der Waals surface area contributed by atoms with Crippen molar-refractivity contribution < 1.29 is 19.3 Å². The van der Waals surface area contributed by atoms with Crippen molar-refractivity contribution in [2.45, 2.75) is 50.0 Å². The third kappa shape index (κ3) is 3.17. The van der Waals surface area contributed by atoms with Gasteiger partial charge in [-0.2, -0.15) is 0 Å². The van der Waals surface area contributed by atoms with Crippen LogP contribution in [0.3, 0.4) is 0 Å². The van der Waals surface area contributed by atoms with E-state index in [1.54, 1.807) is 0 Å². The number of hydrogen-bond acceptors (Lipinski definition) is 5. The van der Waals surface area contributed by atoms with Crippen molar-refractivity contribution in [1.82, 2.24) is 4.90 Å². The van der Waals surface area contributed by atoms with E-state index in [-0.39, 0.29) is 12.1 Å². The van der Waals surface area contributed by atoms with E-state index in [1.165, 1.54) is 0 Å². The summed E-state index contributed by atoms with van der Waals surface area (Å²) in [6.45, 7) is 4.16. The quantitative estimate of drug-likeness (QED) is 0.838. The molecule has 1 spiro atoms. The highest BCUT2D eigenvalue weighted by Gasteiger charge is 2.46. The molecule has 0 amide bonds. The molecule has 1 aliphatic carbocycles. The van der Waals surface area contributed by atoms with E-state index < -0.39 is 5.79 Å². The van der Waals surface area contributed by atoms with Crippen LogP contribution in [0.15, 0.2) is 0 Å². The Morgan fingerprint density at radius 3 is 2.50 bits per heavy atom. The maximum absolute atomic E-state index is 10.3. The molecule has 5 nitrogen and oxygen atoms in total. The highest BCUT2D eigenvalue weighted by Crippen LogP contribution is 2.37. The number of aliphatic hydroxyl groups excluding tert-OH is 1. The predicted molar refractivity (Wildman–Crippen MR) is 74.5 cm³/mol. The predicted octanol–water partition coefficient (Wildman–Crippen LogP) is 1.00. The molecule has 3 rings (SSSR count). The Bertz CT molecular complexity index is 313. The first-order valence-electron chi connectivity index (χ1n) is 7.92. The molecule has 20 heavy (non-hydrogen) atoms. The summed E-state index contributed by atoms with van der Waals surface area (Å²) in [5.74, 6) is 0.262. The van der Waals surface area contributed by atoms with Crippen LogP contribution in [0.2, 0.25) is 0 Å². The average molecular weight is 285 g/mol. The molecule has 3 fully saturated rings. The van der Waals surface area contributed by atoms with E-state index in [2.05, 4.69) is 11.9 Å². The van der Waals surface area contributed by atoms with Crippen molar-refractivity contribution in [1.29, 1.82) is 0 Å². The van der Waals surface area contributed by atoms with E-state index in [0.29, 0.717) is 19.1 Å². The van der Waals surface area contributed by atoms with Gasteiger partial charge in [0.05, 0.1) is 19.3 Å². The SMILES string of the molecule is CN(CC1CCOCC1)C1CC2(CCC1O)OCCO2. The summed E-state index contributed by atoms with van der Waals surface area (Å²) < 4.78 is 17.1. The van der Waals surface area contributed by atoms with Crippen LogP contribution in [0.25, 0.3) is 0 Å². The van der Waals surface area contributed by atoms with Gasteiger partial charge < -0.3 is 24.2 Å². The molecule has 0 aromatic rings. The average Bonchev–Trinajstić information content (AvgIpc) is 2.91. The lowest BCUT2D eigenvalue weighted by Crippen LogP contribution is -2.53. The number of hydrogen-bond donors (Lipinski definition) is 1. The fraction of sp³-hybridized carbons (Fsp3) is 1.00. The zero-order chi connectivity index (χ0) is 14.0. The van der Waals surface area contributed by atoms with Gasteiger partial charge in [-0.1, -0.05) is 0 Å². The minimum Gasteiger partial charge on any atom is -0.391 e. The van der Waals surface area contributed by atoms with Gasteiger partial charge in [0.2, 0.25) is 0 Å². The van der Waals surface area contributed by atoms with Gasteiger partial charge in [-0.05, 0) is 32.2 Å². The molecule has 2 unspecified atom stereocenters. The largest absolute Gasteiger partial charge is 0.391 e. The van der Waals surface area contributed by atoms with Crippen LogP contribution >= 0.6 is 0 Å². The van der Waals surface area contributed by atoms with E-state index in [0.717, 1.165) is 51.9 Å². The van der Waals surface area contributed by atoms with Crippen molar-refractivity contribution in [3.63, 3.8) is 0 Å². The molecular weight excluding hydrogens is 258 g/mol. The normalized spacial score (nSPS) is 35.0. The Kier molecular flexibility index (Phi) is 4.62. The summed E-state index contributed by atoms with van der Waals surface area (Å²) in [7, 11) is 2.12. The molecule has 2 atom stereocenters. The summed E-state index contributed by atoms with van der Waals surface area (Å²) in [6.07, 6.45) is 4.36. The zero-order valence-electron chi connectivity index (χ0n) is 12.4. The third-order valence-electron chi connectivity index (χ3n) is 5.05. The molecule has 0 aromatic carbocycles. The maximum atomic E-state index is 10.3. The third-order valence-corrected chi connectivity index (χ3v) is 5.05. The first-order valence-corrected chi connectivity index (χ1v) is 7.92. The van der Waals surface area contributed by atoms with Crippen molar-refractivity contribution in [3.05, 3.63) is 0 Å². The topological polar surface area (TPSA) is 51.2 Å². The fourth-order valence-corrected chi connectivity index (χ4v) is 3.80. The summed E-state index contributed by atoms with van der Waals surface area (Å²) in [4.78, 5) is 2.31. The van der Waals surface area contributed by atoms with Gasteiger partial charge in [0.15, 0.2) is 5.79 Å². The summed E-state index contributed by atoms with van der Waals surface area (Å²) in [6, 6.07) is 0.143. The Morgan fingerprint density at radius 1 is 1.10 bits per heavy atom. The van der Waals surface area contributed by atoms with Gasteiger partial charge in [0.25, 0.3) is 0 Å². The summed E-state index contributed by atoms with van der Waals surface area (Å²) in [5, 5.41) is 10.3. The van der Waals surface area contributed by atoms with Crippen LogP contribution in [-0.2, 0) is 14.2 Å². The lowest BCUT2D eigenvalue weighted by molar-refractivity contribution is -0.204. The number of likely N-dealkylation sites (N-methyl/N-ethyl adjacent to an activating group) is 1. The van der Waals surface area contributed by atoms with Crippen LogP contribution in [0.4, 0.5) is 0 Å². The molecule has 3 aliphatic rings. The smallest absolute Gasteiger partial charge is 0.170 e. The monoisotopic (exact) mass is 285 g/mol.